The first-order chi connectivity index (χ1) is 63.1. The molecule has 30 heteroatoms. The van der Waals surface area contributed by atoms with Crippen molar-refractivity contribution in [3.05, 3.63) is 193 Å². The Balaban J connectivity index is 0.000000139. The number of unbranched alkanes of at least 4 members (excludes halogenated alkanes) is 2. The number of rotatable bonds is 39. The topological polar surface area (TPSA) is 363 Å². The van der Waals surface area contributed by atoms with Gasteiger partial charge in [-0.1, -0.05) is 20.6 Å². The highest BCUT2D eigenvalue weighted by atomic mass is 16.5. The summed E-state index contributed by atoms with van der Waals surface area (Å²) in [5.41, 5.74) is 15.9. The van der Waals surface area contributed by atoms with Crippen LogP contribution in [-0.2, 0) is 25.9 Å². The van der Waals surface area contributed by atoms with E-state index in [1.165, 1.54) is 28.5 Å². The average Bonchev–Trinajstić information content (AvgIpc) is 1.66. The van der Waals surface area contributed by atoms with Crippen LogP contribution < -0.4 is 37.9 Å². The molecule has 0 spiro atoms. The first kappa shape index (κ1) is 91.8. The highest BCUT2D eigenvalue weighted by molar-refractivity contribution is 5.90. The van der Waals surface area contributed by atoms with Crippen molar-refractivity contribution < 1.29 is 71.3 Å². The summed E-state index contributed by atoms with van der Waals surface area (Å²) in [6.45, 7) is 25.1. The van der Waals surface area contributed by atoms with Crippen LogP contribution in [0.5, 0.6) is 46.0 Å². The minimum absolute atomic E-state index is 0.131. The number of ether oxygens (including phenoxy) is 8. The molecular weight excluding hydrogens is 1640 g/mol. The van der Waals surface area contributed by atoms with Crippen LogP contribution in [0.3, 0.4) is 0 Å². The molecule has 1 atom stereocenters. The Morgan fingerprint density at radius 1 is 0.357 bits per heavy atom. The van der Waals surface area contributed by atoms with Crippen molar-refractivity contribution in [3.8, 4) is 137 Å². The van der Waals surface area contributed by atoms with Gasteiger partial charge in [-0.3, -0.25) is 9.80 Å². The fourth-order valence-corrected chi connectivity index (χ4v) is 15.4. The number of likely N-dealkylation sites (N-methyl/N-ethyl adjacent to an activating group) is 1. The number of nitrogens with one attached hydrogen (secondary N) is 4. The molecule has 17 rings (SSSR count). The third-order valence-corrected chi connectivity index (χ3v) is 21.7. The van der Waals surface area contributed by atoms with Gasteiger partial charge in [-0.2, -0.15) is 19.9 Å². The number of nitrogens with zero attached hydrogens (tertiary/aromatic N) is 11. The molecule has 0 unspecified atom stereocenters. The van der Waals surface area contributed by atoms with E-state index in [0.29, 0.717) is 159 Å². The fourth-order valence-electron chi connectivity index (χ4n) is 15.4. The second kappa shape index (κ2) is 44.9. The van der Waals surface area contributed by atoms with Crippen LogP contribution >= 0.6 is 0 Å². The zero-order valence-corrected chi connectivity index (χ0v) is 75.2. The third kappa shape index (κ3) is 23.2. The largest absolute Gasteiger partial charge is 0.490 e. The van der Waals surface area contributed by atoms with Crippen molar-refractivity contribution in [1.82, 2.24) is 75.2 Å². The van der Waals surface area contributed by atoms with Gasteiger partial charge < -0.3 is 96.1 Å². The summed E-state index contributed by atoms with van der Waals surface area (Å²) in [4.78, 5) is 38.4. The Morgan fingerprint density at radius 3 is 0.984 bits per heavy atom. The van der Waals surface area contributed by atoms with Crippen molar-refractivity contribution in [2.45, 2.75) is 120 Å². The van der Waals surface area contributed by atoms with Crippen molar-refractivity contribution in [3.63, 3.8) is 0 Å². The van der Waals surface area contributed by atoms with Gasteiger partial charge in [-0.25, -0.2) is 0 Å². The zero-order chi connectivity index (χ0) is 90.1. The number of benzene rings is 8. The van der Waals surface area contributed by atoms with Gasteiger partial charge in [0.25, 0.3) is 23.6 Å². The smallest absolute Gasteiger partial charge is 0.258 e. The first-order valence-electron chi connectivity index (χ1n) is 44.4. The van der Waals surface area contributed by atoms with Crippen molar-refractivity contribution in [2.75, 3.05) is 113 Å². The Hall–Kier alpha value is -13.4. The van der Waals surface area contributed by atoms with E-state index in [1.807, 2.05) is 196 Å². The number of aryl methyl sites for hydroxylation is 2. The van der Waals surface area contributed by atoms with E-state index in [1.54, 1.807) is 0 Å². The summed E-state index contributed by atoms with van der Waals surface area (Å²) in [5.74, 6) is 9.29. The molecule has 1 aliphatic heterocycles. The SMILES string of the molecule is CCOc1ccc(-c2nc(-c3ccc4[nH]cc(CCCCN(C)C)c4c3)no2)cc1OCC.CCOc1ccc(-c2nc(-c3ccc4[nH]cc(CCCCO)c4c3)no2)cc1OCC.CCOc1ccc(-c2nc(-c3ccc4[nH]cc(CN(C)CCO)c4c3)no2)cc1OCC.CCOc1ccc(-c2nc(-c3ccc4[nH]cc(CN5CC[C@H](O)C5)c4c3)no2)cc1OCC. The Kier molecular flexibility index (Phi) is 31.9. The number of aliphatic hydroxyl groups excluding tert-OH is 3. The van der Waals surface area contributed by atoms with Gasteiger partial charge in [0.1, 0.15) is 0 Å². The van der Waals surface area contributed by atoms with E-state index in [2.05, 4.69) is 126 Å². The zero-order valence-electron chi connectivity index (χ0n) is 75.2. The van der Waals surface area contributed by atoms with E-state index in [9.17, 15) is 5.11 Å². The predicted molar refractivity (Wildman–Crippen MR) is 498 cm³/mol. The third-order valence-electron chi connectivity index (χ3n) is 21.7. The number of hydrogen-bond donors (Lipinski definition) is 7. The maximum absolute atomic E-state index is 9.83. The molecule has 129 heavy (non-hydrogen) atoms. The molecule has 0 saturated carbocycles. The lowest BCUT2D eigenvalue weighted by molar-refractivity contribution is 0.175. The molecule has 0 amide bonds. The van der Waals surface area contributed by atoms with Crippen molar-refractivity contribution in [1.29, 1.82) is 0 Å². The second-order valence-corrected chi connectivity index (χ2v) is 31.2. The average molecular weight is 1760 g/mol. The summed E-state index contributed by atoms with van der Waals surface area (Å²) in [7, 11) is 6.21. The molecule has 8 aromatic carbocycles. The highest BCUT2D eigenvalue weighted by Crippen LogP contribution is 2.40. The van der Waals surface area contributed by atoms with Crippen LogP contribution in [0.25, 0.3) is 135 Å². The molecule has 9 heterocycles. The lowest BCUT2D eigenvalue weighted by Crippen LogP contribution is -2.21. The highest BCUT2D eigenvalue weighted by Gasteiger charge is 2.25. The van der Waals surface area contributed by atoms with Crippen LogP contribution in [0.15, 0.2) is 188 Å². The molecule has 0 bridgehead atoms. The van der Waals surface area contributed by atoms with Crippen LogP contribution in [0.2, 0.25) is 0 Å². The molecular formula is C99H115N15O15. The molecule has 7 N–H and O–H groups in total. The Labute approximate surface area is 749 Å². The predicted octanol–water partition coefficient (Wildman–Crippen LogP) is 18.9. The van der Waals surface area contributed by atoms with E-state index in [-0.39, 0.29) is 19.3 Å². The number of H-pyrrole nitrogens is 4. The Bertz CT molecular complexity index is 6270. The quantitative estimate of drug-likeness (QED) is 0.0176. The van der Waals surface area contributed by atoms with Gasteiger partial charge in [0.2, 0.25) is 23.3 Å². The van der Waals surface area contributed by atoms with Crippen LogP contribution in [0.4, 0.5) is 0 Å². The number of aromatic amines is 4. The van der Waals surface area contributed by atoms with Gasteiger partial charge in [0.05, 0.1) is 65.6 Å². The van der Waals surface area contributed by atoms with Gasteiger partial charge in [-0.05, 0) is 296 Å². The monoisotopic (exact) mass is 1750 g/mol. The minimum atomic E-state index is -0.227. The molecule has 0 radical (unpaired) electrons. The fraction of sp³-hybridized carbons (Fsp3) is 0.354. The van der Waals surface area contributed by atoms with Crippen molar-refractivity contribution in [2.24, 2.45) is 0 Å². The summed E-state index contributed by atoms with van der Waals surface area (Å²) >= 11 is 0. The standard InChI is InChI=1S/C26H32N4O3.C25H28N4O4.C24H28N4O4.C24H27N3O4/c1-5-31-23-13-11-19(16-24(23)32-6-2)26-28-25(29-33-26)18-10-12-22-21(15-18)20(17-27-22)9-7-8-14-30(3)4;1-3-31-22-8-6-17(12-23(22)32-4-2)25-27-24(28-33-25)16-5-7-21-20(11-16)18(13-26-21)14-29-10-9-19(30)15-29;1-4-30-21-9-7-17(13-22(21)31-5-2)24-26-23(27-32-24)16-6-8-20-19(12-16)18(14-25-20)15-28(3)10-11-29;1-3-29-21-11-9-17(14-22(21)30-4-2)24-26-23(27-31-24)16-8-10-20-19(13-16)18(15-25-20)7-5-6-12-28/h10-13,15-17,27H,5-9,14H2,1-4H3;5-8,11-13,19,26,30H,3-4,9-10,14-15H2,1-2H3;6-9,12-14,25,29H,4-5,10-11,15H2,1-3H3;8-11,13-15,25,28H,3-7,12H2,1-2H3/t;19-;;/m.0../s1. The van der Waals surface area contributed by atoms with Gasteiger partial charge in [0, 0.05) is 152 Å². The lowest BCUT2D eigenvalue weighted by Gasteiger charge is -2.14. The van der Waals surface area contributed by atoms with Gasteiger partial charge >= 0.3 is 0 Å². The van der Waals surface area contributed by atoms with Crippen molar-refractivity contribution >= 4 is 43.6 Å². The maximum atomic E-state index is 9.83. The minimum Gasteiger partial charge on any atom is -0.490 e. The van der Waals surface area contributed by atoms with E-state index in [4.69, 9.17) is 66.2 Å². The number of aliphatic hydroxyl groups is 3. The molecule has 1 fully saturated rings. The lowest BCUT2D eigenvalue weighted by atomic mass is 10.0. The van der Waals surface area contributed by atoms with Gasteiger partial charge in [-0.15, -0.1) is 0 Å². The first-order valence-corrected chi connectivity index (χ1v) is 44.4. The van der Waals surface area contributed by atoms with E-state index < -0.39 is 0 Å². The summed E-state index contributed by atoms with van der Waals surface area (Å²) in [6, 6.07) is 47.0. The van der Waals surface area contributed by atoms with Crippen LogP contribution in [0, 0.1) is 0 Å². The molecule has 1 aliphatic rings. The number of hydrogen-bond acceptors (Lipinski definition) is 26. The molecule has 8 aromatic heterocycles. The molecule has 676 valence electrons. The number of fused-ring (bicyclic) bond motifs is 4. The summed E-state index contributed by atoms with van der Waals surface area (Å²) in [6.07, 6.45) is 14.8. The molecule has 16 aromatic rings. The van der Waals surface area contributed by atoms with Crippen LogP contribution in [0.1, 0.15) is 110 Å². The number of aromatic nitrogens is 12. The van der Waals surface area contributed by atoms with Crippen LogP contribution in [-0.4, -0.2) is 210 Å². The molecule has 1 saturated heterocycles. The maximum Gasteiger partial charge on any atom is 0.258 e. The molecule has 30 nitrogen and oxygen atoms in total. The Morgan fingerprint density at radius 2 is 0.667 bits per heavy atom. The number of likely N-dealkylation sites (tertiary alicyclic amines) is 1. The molecule has 0 aliphatic carbocycles. The van der Waals surface area contributed by atoms with Gasteiger partial charge in [0.15, 0.2) is 46.0 Å². The van der Waals surface area contributed by atoms with E-state index in [0.717, 1.165) is 153 Å². The normalized spacial score (nSPS) is 12.7. The second-order valence-electron chi connectivity index (χ2n) is 31.2. The number of β-amino-alcohol motifs (C(OH)–C–C–N with tert-alkyl or cyclic N) is 1. The summed E-state index contributed by atoms with van der Waals surface area (Å²) in [5, 5.41) is 49.4. The van der Waals surface area contributed by atoms with E-state index >= 15 is 0 Å². The summed E-state index contributed by atoms with van der Waals surface area (Å²) < 4.78 is 67.7.